The molecule has 0 aromatic heterocycles. The van der Waals surface area contributed by atoms with Gasteiger partial charge in [0.2, 0.25) is 0 Å². The van der Waals surface area contributed by atoms with Gasteiger partial charge in [0.1, 0.15) is 6.10 Å². The Morgan fingerprint density at radius 3 is 2.78 bits per heavy atom. The van der Waals surface area contributed by atoms with Crippen LogP contribution in [0, 0.1) is 11.6 Å². The molecule has 4 heteroatoms. The molecule has 0 aliphatic heterocycles. The van der Waals surface area contributed by atoms with Gasteiger partial charge in [-0.1, -0.05) is 6.08 Å². The Balaban J connectivity index is 2.57. The Morgan fingerprint density at radius 2 is 2.17 bits per heavy atom. The molecule has 1 aromatic carbocycles. The van der Waals surface area contributed by atoms with Crippen LogP contribution in [0.5, 0.6) is 0 Å². The lowest BCUT2D eigenvalue weighted by Gasteiger charge is -2.11. The summed E-state index contributed by atoms with van der Waals surface area (Å²) in [4.78, 5) is 11.8. The van der Waals surface area contributed by atoms with Gasteiger partial charge < -0.3 is 4.74 Å². The molecule has 0 aliphatic rings. The van der Waals surface area contributed by atoms with Crippen LogP contribution in [0.3, 0.4) is 0 Å². The summed E-state index contributed by atoms with van der Waals surface area (Å²) in [5, 5.41) is 0. The van der Waals surface area contributed by atoms with Gasteiger partial charge in [0.25, 0.3) is 0 Å². The van der Waals surface area contributed by atoms with Crippen LogP contribution in [0.2, 0.25) is 0 Å². The minimum absolute atomic E-state index is 0.116. The van der Waals surface area contributed by atoms with E-state index < -0.39 is 17.7 Å². The third kappa shape index (κ3) is 4.04. The van der Waals surface area contributed by atoms with E-state index in [0.29, 0.717) is 6.61 Å². The molecule has 0 radical (unpaired) electrons. The first-order valence-corrected chi connectivity index (χ1v) is 5.78. The summed E-state index contributed by atoms with van der Waals surface area (Å²) in [6.07, 6.45) is 2.69. The fourth-order valence-corrected chi connectivity index (χ4v) is 1.45. The summed E-state index contributed by atoms with van der Waals surface area (Å²) in [6, 6.07) is 3.08. The molecule has 0 heterocycles. The number of hydrogen-bond acceptors (Lipinski definition) is 2. The molecule has 0 fully saturated rings. The molecule has 18 heavy (non-hydrogen) atoms. The molecular weight excluding hydrogens is 238 g/mol. The Bertz CT molecular complexity index is 430. The van der Waals surface area contributed by atoms with Gasteiger partial charge in [-0.3, -0.25) is 4.79 Å². The zero-order valence-electron chi connectivity index (χ0n) is 10.3. The highest BCUT2D eigenvalue weighted by Gasteiger charge is 2.17. The first-order valence-electron chi connectivity index (χ1n) is 5.78. The molecular formula is C14H16F2O2. The lowest BCUT2D eigenvalue weighted by molar-refractivity contribution is 0.0471. The molecule has 1 atom stereocenters. The summed E-state index contributed by atoms with van der Waals surface area (Å²) >= 11 is 0. The zero-order chi connectivity index (χ0) is 13.5. The highest BCUT2D eigenvalue weighted by atomic mass is 19.2. The number of rotatable bonds is 7. The molecule has 0 N–H and O–H groups in total. The molecule has 2 nitrogen and oxygen atoms in total. The van der Waals surface area contributed by atoms with Gasteiger partial charge >= 0.3 is 0 Å². The van der Waals surface area contributed by atoms with Crippen molar-refractivity contribution < 1.29 is 18.3 Å². The van der Waals surface area contributed by atoms with Crippen LogP contribution >= 0.6 is 0 Å². The number of halogens is 2. The van der Waals surface area contributed by atoms with E-state index in [4.69, 9.17) is 4.74 Å². The molecule has 0 saturated carbocycles. The maximum atomic E-state index is 13.0. The van der Waals surface area contributed by atoms with Gasteiger partial charge in [-0.05, 0) is 38.0 Å². The zero-order valence-corrected chi connectivity index (χ0v) is 10.3. The molecule has 0 spiro atoms. The van der Waals surface area contributed by atoms with Crippen LogP contribution in [0.1, 0.15) is 30.1 Å². The number of allylic oxidation sites excluding steroid dienone is 1. The molecule has 98 valence electrons. The lowest BCUT2D eigenvalue weighted by atomic mass is 10.1. The lowest BCUT2D eigenvalue weighted by Crippen LogP contribution is -2.21. The Labute approximate surface area is 105 Å². The number of unbranched alkanes of at least 4 members (excludes halogenated alkanes) is 1. The third-order valence-electron chi connectivity index (χ3n) is 2.49. The van der Waals surface area contributed by atoms with Crippen LogP contribution in [0.15, 0.2) is 30.9 Å². The maximum Gasteiger partial charge on any atom is 0.191 e. The Hall–Kier alpha value is -1.55. The van der Waals surface area contributed by atoms with Gasteiger partial charge in [0.05, 0.1) is 0 Å². The topological polar surface area (TPSA) is 26.3 Å². The Kier molecular flexibility index (Phi) is 5.65. The normalized spacial score (nSPS) is 12.2. The third-order valence-corrected chi connectivity index (χ3v) is 2.49. The van der Waals surface area contributed by atoms with Gasteiger partial charge in [0.15, 0.2) is 17.4 Å². The van der Waals surface area contributed by atoms with Crippen LogP contribution in [-0.2, 0) is 4.74 Å². The molecule has 1 rings (SSSR count). The maximum absolute atomic E-state index is 13.0. The fraction of sp³-hybridized carbons (Fsp3) is 0.357. The highest BCUT2D eigenvalue weighted by Crippen LogP contribution is 2.12. The number of benzene rings is 1. The van der Waals surface area contributed by atoms with Crippen molar-refractivity contribution in [1.82, 2.24) is 0 Å². The van der Waals surface area contributed by atoms with Crippen molar-refractivity contribution in [2.45, 2.75) is 25.9 Å². The average molecular weight is 254 g/mol. The van der Waals surface area contributed by atoms with Crippen LogP contribution < -0.4 is 0 Å². The second-order valence-electron chi connectivity index (χ2n) is 3.94. The number of carbonyl (C=O) groups is 1. The standard InChI is InChI=1S/C14H16F2O2/c1-3-4-5-8-18-10(2)14(17)11-6-7-12(15)13(16)9-11/h3,6-7,9-10H,1,4-5,8H2,2H3. The molecule has 0 saturated heterocycles. The number of ketones is 1. The van der Waals surface area contributed by atoms with Gasteiger partial charge in [-0.25, -0.2) is 8.78 Å². The summed E-state index contributed by atoms with van der Waals surface area (Å²) < 4.78 is 31.0. The van der Waals surface area contributed by atoms with Gasteiger partial charge in [-0.2, -0.15) is 0 Å². The summed E-state index contributed by atoms with van der Waals surface area (Å²) in [5.41, 5.74) is 0.116. The number of ether oxygens (including phenoxy) is 1. The van der Waals surface area contributed by atoms with E-state index in [-0.39, 0.29) is 11.3 Å². The van der Waals surface area contributed by atoms with E-state index in [1.165, 1.54) is 6.07 Å². The SMILES string of the molecule is C=CCCCOC(C)C(=O)c1ccc(F)c(F)c1. The van der Waals surface area contributed by atoms with Crippen molar-refractivity contribution in [2.75, 3.05) is 6.61 Å². The van der Waals surface area contributed by atoms with E-state index in [0.717, 1.165) is 25.0 Å². The summed E-state index contributed by atoms with van der Waals surface area (Å²) in [7, 11) is 0. The van der Waals surface area contributed by atoms with Crippen molar-refractivity contribution >= 4 is 5.78 Å². The number of Topliss-reactive ketones (excluding diaryl/α,β-unsaturated/α-hetero) is 1. The van der Waals surface area contributed by atoms with Gasteiger partial charge in [0, 0.05) is 12.2 Å². The monoisotopic (exact) mass is 254 g/mol. The minimum atomic E-state index is -1.03. The van der Waals surface area contributed by atoms with E-state index >= 15 is 0 Å². The quantitative estimate of drug-likeness (QED) is 0.423. The van der Waals surface area contributed by atoms with E-state index in [1.54, 1.807) is 13.0 Å². The smallest absolute Gasteiger partial charge is 0.191 e. The summed E-state index contributed by atoms with van der Waals surface area (Å²) in [5.74, 6) is -2.35. The Morgan fingerprint density at radius 1 is 1.44 bits per heavy atom. The fourth-order valence-electron chi connectivity index (χ4n) is 1.45. The van der Waals surface area contributed by atoms with Crippen LogP contribution in [0.25, 0.3) is 0 Å². The number of hydrogen-bond donors (Lipinski definition) is 0. The summed E-state index contributed by atoms with van der Waals surface area (Å²) in [6.45, 7) is 5.61. The average Bonchev–Trinajstić information content (AvgIpc) is 2.37. The predicted octanol–water partition coefficient (Wildman–Crippen LogP) is 3.52. The second-order valence-corrected chi connectivity index (χ2v) is 3.94. The van der Waals surface area contributed by atoms with E-state index in [9.17, 15) is 13.6 Å². The molecule has 1 unspecified atom stereocenters. The van der Waals surface area contributed by atoms with Crippen LogP contribution in [0.4, 0.5) is 8.78 Å². The first-order chi connectivity index (χ1) is 8.56. The number of carbonyl (C=O) groups excluding carboxylic acids is 1. The van der Waals surface area contributed by atoms with E-state index in [2.05, 4.69) is 6.58 Å². The highest BCUT2D eigenvalue weighted by molar-refractivity contribution is 5.99. The first kappa shape index (κ1) is 14.5. The van der Waals surface area contributed by atoms with Gasteiger partial charge in [-0.15, -0.1) is 6.58 Å². The predicted molar refractivity (Wildman–Crippen MR) is 65.5 cm³/mol. The van der Waals surface area contributed by atoms with Crippen LogP contribution in [-0.4, -0.2) is 18.5 Å². The molecule has 0 aliphatic carbocycles. The van der Waals surface area contributed by atoms with Crippen molar-refractivity contribution in [2.24, 2.45) is 0 Å². The minimum Gasteiger partial charge on any atom is -0.370 e. The molecule has 0 bridgehead atoms. The van der Waals surface area contributed by atoms with E-state index in [1.807, 2.05) is 0 Å². The molecule has 0 amide bonds. The van der Waals surface area contributed by atoms with Crippen molar-refractivity contribution in [1.29, 1.82) is 0 Å². The van der Waals surface area contributed by atoms with Crippen molar-refractivity contribution in [3.8, 4) is 0 Å². The second kappa shape index (κ2) is 7.01. The molecule has 1 aromatic rings. The van der Waals surface area contributed by atoms with Crippen molar-refractivity contribution in [3.05, 3.63) is 48.1 Å². The largest absolute Gasteiger partial charge is 0.370 e. The van der Waals surface area contributed by atoms with Crippen molar-refractivity contribution in [3.63, 3.8) is 0 Å².